The number of phenols is 1. The molecule has 48 heavy (non-hydrogen) atoms. The maximum absolute atomic E-state index is 11.3. The van der Waals surface area contributed by atoms with Crippen LogP contribution in [-0.4, -0.2) is 62.9 Å². The van der Waals surface area contributed by atoms with E-state index in [1.807, 2.05) is 6.11 Å². The fourth-order valence-corrected chi connectivity index (χ4v) is 5.38. The van der Waals surface area contributed by atoms with Crippen molar-refractivity contribution in [2.45, 2.75) is 14.9 Å². The first kappa shape index (κ1) is 36.5. The molecule has 0 aliphatic carbocycles. The summed E-state index contributed by atoms with van der Waals surface area (Å²) in [4.78, 5) is 27.4. The molecule has 4 aromatic rings. The Morgan fingerprint density at radius 2 is 1.81 bits per heavy atom. The first-order valence-electron chi connectivity index (χ1n) is 12.1. The Morgan fingerprint density at radius 1 is 1.04 bits per heavy atom. The second-order valence-electron chi connectivity index (χ2n) is 8.20. The Balaban J connectivity index is 1.70. The molecule has 19 nitrogen and oxygen atoms in total. The van der Waals surface area contributed by atoms with Gasteiger partial charge in [0.25, 0.3) is 0 Å². The van der Waals surface area contributed by atoms with Gasteiger partial charge in [0.2, 0.25) is 16.4 Å². The summed E-state index contributed by atoms with van der Waals surface area (Å²) in [7, 11) is -2.14. The molecule has 1 aromatic heterocycles. The maximum atomic E-state index is 11.3. The molecule has 0 unspecified atom stereocenters. The van der Waals surface area contributed by atoms with E-state index in [2.05, 4.69) is 54.3 Å². The highest BCUT2D eigenvalue weighted by molar-refractivity contribution is 8.13. The summed E-state index contributed by atoms with van der Waals surface area (Å²) in [6.07, 6.45) is 1.91. The lowest BCUT2D eigenvalue weighted by Crippen LogP contribution is -2.01. The molecule has 0 saturated carbocycles. The second-order valence-corrected chi connectivity index (χ2v) is 12.0. The fourth-order valence-electron chi connectivity index (χ4n) is 3.54. The summed E-state index contributed by atoms with van der Waals surface area (Å²) in [5, 5.41) is 45.5. The molecule has 0 amide bonds. The number of azo groups is 1. The highest BCUT2D eigenvalue weighted by Crippen LogP contribution is 2.46. The van der Waals surface area contributed by atoms with Crippen LogP contribution in [0.15, 0.2) is 61.6 Å². The molecule has 24 heteroatoms. The SMILES string of the molecule is COc1cc(SC#COOS(=O)(=O)O)c(OC)cc1N=Nc1c(SOOO)cc2ccc(Nc3nc(Cl)nc(SC(=O)O)n3)cc2c1O. The molecule has 0 aliphatic heterocycles. The number of methoxy groups -OCH3 is 2. The number of halogens is 1. The van der Waals surface area contributed by atoms with Crippen molar-refractivity contribution in [1.29, 1.82) is 0 Å². The van der Waals surface area contributed by atoms with Gasteiger partial charge in [-0.05, 0) is 51.3 Å². The Labute approximate surface area is 286 Å². The van der Waals surface area contributed by atoms with Gasteiger partial charge in [-0.25, -0.2) is 10.1 Å². The number of fused-ring (bicyclic) bond motifs is 1. The highest BCUT2D eigenvalue weighted by Gasteiger charge is 2.18. The summed E-state index contributed by atoms with van der Waals surface area (Å²) >= 11 is 7.59. The molecule has 0 saturated heterocycles. The van der Waals surface area contributed by atoms with Gasteiger partial charge < -0.3 is 25.0 Å². The maximum Gasteiger partial charge on any atom is 0.433 e. The van der Waals surface area contributed by atoms with Crippen LogP contribution < -0.4 is 14.8 Å². The highest BCUT2D eigenvalue weighted by atomic mass is 35.5. The van der Waals surface area contributed by atoms with Gasteiger partial charge >= 0.3 is 15.7 Å². The number of hydrogen-bond acceptors (Lipinski definition) is 20. The molecule has 0 radical (unpaired) electrons. The van der Waals surface area contributed by atoms with E-state index in [-0.39, 0.29) is 55.3 Å². The average molecular weight is 761 g/mol. The standard InChI is InChI=1S/C24H17ClN6O13S4/c1-39-15-10-17(45-6-5-41-44-48(36,37)38)16(40-2)9-14(15)30-31-19-18(47-43-42-35)7-11-3-4-12(8-13(11)20(19)32)26-22-27-21(25)28-23(29-22)46-24(33)34/h3-4,7-10,32,35H,1-2H3,(H,33,34)(H,36,37,38)(H,26,27,28,29). The molecule has 1 heterocycles. The number of anilines is 2. The number of carboxylic acid groups (broad SMARTS) is 1. The lowest BCUT2D eigenvalue weighted by atomic mass is 10.1. The zero-order chi connectivity index (χ0) is 34.8. The summed E-state index contributed by atoms with van der Waals surface area (Å²) in [5.74, 6) is -0.0366. The first-order valence-corrected chi connectivity index (χ1v) is 16.2. The smallest absolute Gasteiger partial charge is 0.433 e. The van der Waals surface area contributed by atoms with Crippen molar-refractivity contribution in [3.8, 4) is 28.6 Å². The molecular weight excluding hydrogens is 744 g/mol. The molecule has 4 rings (SSSR count). The molecule has 3 aromatic carbocycles. The molecule has 0 aliphatic rings. The van der Waals surface area contributed by atoms with Crippen LogP contribution in [0, 0.1) is 11.4 Å². The summed E-state index contributed by atoms with van der Waals surface area (Å²) in [6.45, 7) is 0. The van der Waals surface area contributed by atoms with Gasteiger partial charge in [0.15, 0.2) is 11.9 Å². The van der Waals surface area contributed by atoms with Crippen molar-refractivity contribution in [3.63, 3.8) is 0 Å². The van der Waals surface area contributed by atoms with E-state index in [1.54, 1.807) is 18.2 Å². The minimum absolute atomic E-state index is 0.0641. The molecule has 252 valence electrons. The van der Waals surface area contributed by atoms with Gasteiger partial charge in [-0.15, -0.1) is 14.6 Å². The number of nitrogens with zero attached hydrogens (tertiary/aromatic N) is 5. The van der Waals surface area contributed by atoms with E-state index in [9.17, 15) is 18.3 Å². The van der Waals surface area contributed by atoms with Crippen LogP contribution in [-0.2, 0) is 29.0 Å². The van der Waals surface area contributed by atoms with Crippen LogP contribution in [0.2, 0.25) is 5.28 Å². The molecule has 0 spiro atoms. The third-order valence-electron chi connectivity index (χ3n) is 5.32. The molecule has 5 N–H and O–H groups in total. The Bertz CT molecular complexity index is 2050. The van der Waals surface area contributed by atoms with Crippen LogP contribution in [0.4, 0.5) is 27.8 Å². The van der Waals surface area contributed by atoms with Gasteiger partial charge in [0.1, 0.15) is 22.9 Å². The number of nitrogens with one attached hydrogen (secondary N) is 1. The zero-order valence-corrected chi connectivity index (χ0v) is 27.7. The van der Waals surface area contributed by atoms with Crippen molar-refractivity contribution in [1.82, 2.24) is 15.0 Å². The molecule has 0 atom stereocenters. The number of carbonyl (C=O) groups is 1. The van der Waals surface area contributed by atoms with Gasteiger partial charge in [-0.3, -0.25) is 9.44 Å². The quantitative estimate of drug-likeness (QED) is 0.0185. The van der Waals surface area contributed by atoms with Gasteiger partial charge in [0.05, 0.1) is 36.1 Å². The van der Waals surface area contributed by atoms with Crippen molar-refractivity contribution < 1.29 is 61.3 Å². The van der Waals surface area contributed by atoms with E-state index in [1.165, 1.54) is 32.4 Å². The zero-order valence-electron chi connectivity index (χ0n) is 23.7. The van der Waals surface area contributed by atoms with E-state index in [0.717, 1.165) is 11.8 Å². The monoisotopic (exact) mass is 760 g/mol. The number of aromatic hydroxyl groups is 1. The van der Waals surface area contributed by atoms with Gasteiger partial charge in [0, 0.05) is 40.2 Å². The van der Waals surface area contributed by atoms with Gasteiger partial charge in [-0.1, -0.05) is 11.1 Å². The third kappa shape index (κ3) is 10.1. The number of rotatable bonds is 13. The fraction of sp³-hybridized carbons (Fsp3) is 0.0833. The van der Waals surface area contributed by atoms with Crippen LogP contribution in [0.3, 0.4) is 0 Å². The van der Waals surface area contributed by atoms with Gasteiger partial charge in [-0.2, -0.15) is 23.4 Å². The Kier molecular flexibility index (Phi) is 12.7. The third-order valence-corrected chi connectivity index (χ3v) is 7.61. The van der Waals surface area contributed by atoms with Crippen LogP contribution in [0.25, 0.3) is 10.8 Å². The topological polar surface area (TPSA) is 263 Å². The lowest BCUT2D eigenvalue weighted by molar-refractivity contribution is -0.432. The van der Waals surface area contributed by atoms with Crippen molar-refractivity contribution in [2.75, 3.05) is 19.5 Å². The Hall–Kier alpha value is -4.35. The predicted molar refractivity (Wildman–Crippen MR) is 169 cm³/mol. The number of thioether (sulfide) groups is 2. The second kappa shape index (κ2) is 16.7. The number of aromatic nitrogens is 3. The van der Waals surface area contributed by atoms with Crippen molar-refractivity contribution in [2.24, 2.45) is 10.2 Å². The number of benzene rings is 3. The average Bonchev–Trinajstić information content (AvgIpc) is 3.02. The van der Waals surface area contributed by atoms with Crippen LogP contribution in [0.5, 0.6) is 17.2 Å². The van der Waals surface area contributed by atoms with E-state index in [4.69, 9.17) is 36.0 Å². The number of phenolic OH excluding ortho intramolecular Hbond substituents is 1. The summed E-state index contributed by atoms with van der Waals surface area (Å²) in [5.41, 5.74) is 0.373. The van der Waals surface area contributed by atoms with Crippen molar-refractivity contribution >= 4 is 96.7 Å². The van der Waals surface area contributed by atoms with Crippen molar-refractivity contribution in [3.05, 3.63) is 41.7 Å². The number of ether oxygens (including phenoxy) is 2. The first-order chi connectivity index (χ1) is 22.9. The largest absolute Gasteiger partial charge is 0.505 e. The van der Waals surface area contributed by atoms with E-state index >= 15 is 0 Å². The minimum Gasteiger partial charge on any atom is -0.505 e. The minimum atomic E-state index is -4.85. The number of hydrogen-bond donors (Lipinski definition) is 5. The van der Waals surface area contributed by atoms with E-state index in [0.29, 0.717) is 39.8 Å². The normalized spacial score (nSPS) is 11.3. The lowest BCUT2D eigenvalue weighted by Gasteiger charge is -2.12. The van der Waals surface area contributed by atoms with E-state index < -0.39 is 15.7 Å². The summed E-state index contributed by atoms with van der Waals surface area (Å²) < 4.78 is 48.6. The summed E-state index contributed by atoms with van der Waals surface area (Å²) in [6, 6.07) is 9.20. The Morgan fingerprint density at radius 3 is 2.50 bits per heavy atom. The molecular formula is C24H17ClN6O13S4. The molecule has 0 fully saturated rings. The van der Waals surface area contributed by atoms with Crippen LogP contribution in [0.1, 0.15) is 0 Å². The molecule has 0 bridgehead atoms. The predicted octanol–water partition coefficient (Wildman–Crippen LogP) is 6.52. The van der Waals surface area contributed by atoms with Crippen LogP contribution >= 0.6 is 47.2 Å².